The summed E-state index contributed by atoms with van der Waals surface area (Å²) in [5.74, 6) is 0.652. The van der Waals surface area contributed by atoms with E-state index in [0.717, 1.165) is 12.8 Å². The van der Waals surface area contributed by atoms with Crippen LogP contribution in [0.2, 0.25) is 0 Å². The normalized spacial score (nSPS) is 31.0. The van der Waals surface area contributed by atoms with E-state index in [2.05, 4.69) is 33.4 Å². The summed E-state index contributed by atoms with van der Waals surface area (Å²) in [6.07, 6.45) is 11.4. The summed E-state index contributed by atoms with van der Waals surface area (Å²) in [7, 11) is 0. The maximum absolute atomic E-state index is 8.94. The lowest BCUT2D eigenvalue weighted by atomic mass is 9.65. The van der Waals surface area contributed by atoms with Crippen molar-refractivity contribution in [2.75, 3.05) is 13.2 Å². The smallest absolute Gasteiger partial charge is 0.0800 e. The van der Waals surface area contributed by atoms with Crippen molar-refractivity contribution in [3.05, 3.63) is 35.5 Å². The predicted octanol–water partition coefficient (Wildman–Crippen LogP) is 4.80. The van der Waals surface area contributed by atoms with Gasteiger partial charge < -0.3 is 9.84 Å². The maximum atomic E-state index is 8.94. The van der Waals surface area contributed by atoms with Crippen molar-refractivity contribution in [3.8, 4) is 0 Å². The van der Waals surface area contributed by atoms with Gasteiger partial charge in [-0.3, -0.25) is 0 Å². The third-order valence-corrected chi connectivity index (χ3v) is 5.38. The first kappa shape index (κ1) is 17.5. The van der Waals surface area contributed by atoms with Gasteiger partial charge in [0, 0.05) is 6.42 Å². The minimum atomic E-state index is 0.118. The molecule has 2 unspecified atom stereocenters. The minimum Gasteiger partial charge on any atom is -0.392 e. The zero-order valence-corrected chi connectivity index (χ0v) is 14.5. The summed E-state index contributed by atoms with van der Waals surface area (Å²) in [6.45, 7) is 12.1. The third kappa shape index (κ3) is 4.57. The first-order chi connectivity index (χ1) is 10.4. The van der Waals surface area contributed by atoms with E-state index < -0.39 is 0 Å². The maximum Gasteiger partial charge on any atom is 0.0800 e. The van der Waals surface area contributed by atoms with Gasteiger partial charge in [-0.1, -0.05) is 43.7 Å². The molecule has 2 fully saturated rings. The first-order valence-corrected chi connectivity index (χ1v) is 8.67. The van der Waals surface area contributed by atoms with Crippen LogP contribution in [0.3, 0.4) is 0 Å². The zero-order valence-electron chi connectivity index (χ0n) is 14.5. The molecule has 2 atom stereocenters. The Morgan fingerprint density at radius 2 is 2.23 bits per heavy atom. The molecule has 22 heavy (non-hydrogen) atoms. The fraction of sp³-hybridized carbons (Fsp3) is 0.700. The van der Waals surface area contributed by atoms with Crippen molar-refractivity contribution in [2.45, 2.75) is 65.4 Å². The molecule has 2 aliphatic rings. The van der Waals surface area contributed by atoms with Crippen LogP contribution in [-0.4, -0.2) is 24.4 Å². The molecule has 0 bridgehead atoms. The Kier molecular flexibility index (Phi) is 6.05. The first-order valence-electron chi connectivity index (χ1n) is 8.67. The van der Waals surface area contributed by atoms with Gasteiger partial charge in [0.05, 0.1) is 19.3 Å². The number of hydrogen-bond donors (Lipinski definition) is 1. The number of rotatable bonds is 5. The highest BCUT2D eigenvalue weighted by Gasteiger charge is 2.33. The lowest BCUT2D eigenvalue weighted by Crippen LogP contribution is -2.29. The topological polar surface area (TPSA) is 29.5 Å². The van der Waals surface area contributed by atoms with Crippen LogP contribution >= 0.6 is 0 Å². The predicted molar refractivity (Wildman–Crippen MR) is 92.8 cm³/mol. The number of hydrogen-bond acceptors (Lipinski definition) is 2. The molecule has 1 saturated heterocycles. The van der Waals surface area contributed by atoms with Gasteiger partial charge in [-0.15, -0.1) is 0 Å². The summed E-state index contributed by atoms with van der Waals surface area (Å²) >= 11 is 0. The van der Waals surface area contributed by atoms with E-state index in [9.17, 15) is 0 Å². The average molecular weight is 304 g/mol. The molecule has 124 valence electrons. The van der Waals surface area contributed by atoms with Gasteiger partial charge in [-0.05, 0) is 55.9 Å². The van der Waals surface area contributed by atoms with Crippen LogP contribution in [-0.2, 0) is 4.74 Å². The molecule has 0 aromatic heterocycles. The molecule has 0 amide bonds. The van der Waals surface area contributed by atoms with Crippen LogP contribution in [0.25, 0.3) is 0 Å². The fourth-order valence-corrected chi connectivity index (χ4v) is 4.01. The summed E-state index contributed by atoms with van der Waals surface area (Å²) < 4.78 is 5.77. The summed E-state index contributed by atoms with van der Waals surface area (Å²) in [4.78, 5) is 0. The van der Waals surface area contributed by atoms with Crippen LogP contribution in [0.1, 0.15) is 59.3 Å². The van der Waals surface area contributed by atoms with E-state index in [1.54, 1.807) is 0 Å². The zero-order chi connectivity index (χ0) is 16.2. The quantitative estimate of drug-likeness (QED) is 0.739. The molecule has 1 aliphatic heterocycles. The van der Waals surface area contributed by atoms with Gasteiger partial charge in [0.15, 0.2) is 0 Å². The number of aliphatic hydroxyl groups excluding tert-OH is 1. The van der Waals surface area contributed by atoms with Crippen molar-refractivity contribution < 1.29 is 9.84 Å². The third-order valence-electron chi connectivity index (χ3n) is 5.38. The minimum absolute atomic E-state index is 0.118. The molecule has 0 aromatic rings. The van der Waals surface area contributed by atoms with Gasteiger partial charge in [-0.25, -0.2) is 0 Å². The molecule has 0 spiro atoms. The van der Waals surface area contributed by atoms with Crippen molar-refractivity contribution in [2.24, 2.45) is 11.3 Å². The summed E-state index contributed by atoms with van der Waals surface area (Å²) in [5, 5.41) is 8.94. The molecule has 2 rings (SSSR count). The Morgan fingerprint density at radius 1 is 1.45 bits per heavy atom. The summed E-state index contributed by atoms with van der Waals surface area (Å²) in [6, 6.07) is 0. The van der Waals surface area contributed by atoms with E-state index in [1.165, 1.54) is 42.4 Å². The number of aliphatic hydroxyl groups is 1. The lowest BCUT2D eigenvalue weighted by molar-refractivity contribution is 0.148. The van der Waals surface area contributed by atoms with Gasteiger partial charge in [-0.2, -0.15) is 0 Å². The molecule has 1 saturated carbocycles. The monoisotopic (exact) mass is 304 g/mol. The molecule has 1 N–H and O–H groups in total. The lowest BCUT2D eigenvalue weighted by Gasteiger charge is -2.40. The van der Waals surface area contributed by atoms with Crippen LogP contribution in [0.4, 0.5) is 0 Å². The molecule has 0 aromatic carbocycles. The van der Waals surface area contributed by atoms with Gasteiger partial charge in [0.1, 0.15) is 0 Å². The van der Waals surface area contributed by atoms with E-state index >= 15 is 0 Å². The van der Waals surface area contributed by atoms with Gasteiger partial charge in [0.25, 0.3) is 0 Å². The van der Waals surface area contributed by atoms with Crippen LogP contribution < -0.4 is 0 Å². The van der Waals surface area contributed by atoms with Crippen molar-refractivity contribution in [3.63, 3.8) is 0 Å². The fourth-order valence-electron chi connectivity index (χ4n) is 4.01. The van der Waals surface area contributed by atoms with Crippen molar-refractivity contribution in [1.82, 2.24) is 0 Å². The van der Waals surface area contributed by atoms with Gasteiger partial charge in [0.2, 0.25) is 0 Å². The summed E-state index contributed by atoms with van der Waals surface area (Å²) in [5.41, 5.74) is 4.49. The largest absolute Gasteiger partial charge is 0.392 e. The standard InChI is InChI=1S/C20H32O2/c1-15(12-18-13-17(9-11-21)14-22-18)7-8-19-16(2)6-5-10-20(19,3)4/h9,12,18-19,21H,2,5-8,10-11,13-14H2,1,3-4H3. The van der Waals surface area contributed by atoms with Crippen LogP contribution in [0.15, 0.2) is 35.5 Å². The van der Waals surface area contributed by atoms with E-state index in [-0.39, 0.29) is 12.7 Å². The highest BCUT2D eigenvalue weighted by molar-refractivity contribution is 5.16. The molecule has 0 radical (unpaired) electrons. The Bertz CT molecular complexity index is 456. The highest BCUT2D eigenvalue weighted by atomic mass is 16.5. The second-order valence-electron chi connectivity index (χ2n) is 7.70. The molecule has 1 aliphatic carbocycles. The molecular formula is C20H32O2. The van der Waals surface area contributed by atoms with E-state index in [4.69, 9.17) is 9.84 Å². The Hall–Kier alpha value is -0.860. The van der Waals surface area contributed by atoms with Crippen LogP contribution in [0, 0.1) is 11.3 Å². The van der Waals surface area contributed by atoms with Gasteiger partial charge >= 0.3 is 0 Å². The van der Waals surface area contributed by atoms with E-state index in [1.807, 2.05) is 6.08 Å². The Morgan fingerprint density at radius 3 is 2.91 bits per heavy atom. The molecular weight excluding hydrogens is 272 g/mol. The Labute approximate surface area is 136 Å². The second-order valence-corrected chi connectivity index (χ2v) is 7.70. The van der Waals surface area contributed by atoms with Crippen molar-refractivity contribution in [1.29, 1.82) is 0 Å². The van der Waals surface area contributed by atoms with Crippen LogP contribution in [0.5, 0.6) is 0 Å². The molecule has 2 nitrogen and oxygen atoms in total. The SMILES string of the molecule is C=C1CCCC(C)(C)C1CCC(C)=CC1CC(=CCO)CO1. The highest BCUT2D eigenvalue weighted by Crippen LogP contribution is 2.45. The Balaban J connectivity index is 1.87. The second kappa shape index (κ2) is 7.61. The van der Waals surface area contributed by atoms with Crippen molar-refractivity contribution >= 4 is 0 Å². The number of allylic oxidation sites excluding steroid dienone is 2. The molecule has 2 heteroatoms. The number of ether oxygens (including phenoxy) is 1. The van der Waals surface area contributed by atoms with E-state index in [0.29, 0.717) is 17.9 Å². The average Bonchev–Trinajstić information content (AvgIpc) is 2.85. The molecule has 1 heterocycles.